The molecule has 1 nitrogen and oxygen atoms in total. The number of rotatable bonds is 4. The quantitative estimate of drug-likeness (QED) is 0.647. The summed E-state index contributed by atoms with van der Waals surface area (Å²) in [4.78, 5) is 0. The molecule has 1 atom stereocenters. The van der Waals surface area contributed by atoms with Crippen LogP contribution in [-0.2, 0) is 0 Å². The summed E-state index contributed by atoms with van der Waals surface area (Å²) in [5, 5.41) is 3.47. The van der Waals surface area contributed by atoms with Crippen LogP contribution in [-0.4, -0.2) is 12.6 Å². The van der Waals surface area contributed by atoms with Gasteiger partial charge in [-0.1, -0.05) is 6.42 Å². The van der Waals surface area contributed by atoms with Crippen LogP contribution >= 0.6 is 0 Å². The molecule has 1 heterocycles. The third-order valence-electron chi connectivity index (χ3n) is 4.00. The van der Waals surface area contributed by atoms with Crippen molar-refractivity contribution in [1.82, 2.24) is 5.32 Å². The molecule has 0 spiro atoms. The van der Waals surface area contributed by atoms with Gasteiger partial charge < -0.3 is 5.32 Å². The molecule has 0 amide bonds. The number of hydrogen-bond donors (Lipinski definition) is 1. The zero-order chi connectivity index (χ0) is 7.31. The van der Waals surface area contributed by atoms with E-state index in [2.05, 4.69) is 5.32 Å². The lowest BCUT2D eigenvalue weighted by atomic mass is 9.98. The first kappa shape index (κ1) is 6.47. The molecule has 2 aliphatic carbocycles. The molecule has 2 saturated carbocycles. The van der Waals surface area contributed by atoms with Crippen LogP contribution in [0.25, 0.3) is 0 Å². The first-order valence-electron chi connectivity index (χ1n) is 5.12. The Bertz CT molecular complexity index is 166. The van der Waals surface area contributed by atoms with E-state index in [0.29, 0.717) is 0 Å². The molecule has 1 heteroatoms. The molecule has 1 aliphatic heterocycles. The van der Waals surface area contributed by atoms with E-state index in [0.717, 1.165) is 11.5 Å². The monoisotopic (exact) mass is 151 g/mol. The van der Waals surface area contributed by atoms with Gasteiger partial charge in [0.1, 0.15) is 0 Å². The topological polar surface area (TPSA) is 12.0 Å². The molecule has 0 aromatic rings. The van der Waals surface area contributed by atoms with Gasteiger partial charge in [-0.3, -0.25) is 0 Å². The van der Waals surface area contributed by atoms with Crippen LogP contribution in [0.2, 0.25) is 0 Å². The fourth-order valence-corrected chi connectivity index (χ4v) is 2.51. The van der Waals surface area contributed by atoms with Gasteiger partial charge in [-0.15, -0.1) is 0 Å². The van der Waals surface area contributed by atoms with Crippen LogP contribution < -0.4 is 5.32 Å². The van der Waals surface area contributed by atoms with Crippen molar-refractivity contribution in [3.05, 3.63) is 0 Å². The highest BCUT2D eigenvalue weighted by molar-refractivity contribution is 5.17. The second-order valence-electron chi connectivity index (χ2n) is 4.80. The lowest BCUT2D eigenvalue weighted by Gasteiger charge is -2.27. The Hall–Kier alpha value is -0.0400. The summed E-state index contributed by atoms with van der Waals surface area (Å²) >= 11 is 0. The van der Waals surface area contributed by atoms with Crippen LogP contribution in [0.5, 0.6) is 0 Å². The molecule has 1 unspecified atom stereocenters. The number of nitrogens with one attached hydrogen (secondary N) is 1. The highest BCUT2D eigenvalue weighted by atomic mass is 15.0. The Labute approximate surface area is 68.6 Å². The van der Waals surface area contributed by atoms with Gasteiger partial charge in [0.15, 0.2) is 0 Å². The first-order valence-corrected chi connectivity index (χ1v) is 5.12. The molecule has 1 saturated heterocycles. The first-order chi connectivity index (χ1) is 5.39. The summed E-state index contributed by atoms with van der Waals surface area (Å²) in [7, 11) is 0. The predicted octanol–water partition coefficient (Wildman–Crippen LogP) is 1.93. The summed E-state index contributed by atoms with van der Waals surface area (Å²) in [6, 6.07) is 0.905. The van der Waals surface area contributed by atoms with Crippen molar-refractivity contribution in [2.24, 2.45) is 11.3 Å². The number of hydrogen-bond acceptors (Lipinski definition) is 1. The highest BCUT2D eigenvalue weighted by Crippen LogP contribution is 2.77. The highest BCUT2D eigenvalue weighted by Gasteiger charge is 2.68. The molecule has 3 fully saturated rings. The zero-order valence-corrected chi connectivity index (χ0v) is 7.10. The fraction of sp³-hybridized carbons (Fsp3) is 1.00. The van der Waals surface area contributed by atoms with E-state index in [9.17, 15) is 0 Å². The molecule has 11 heavy (non-hydrogen) atoms. The summed E-state index contributed by atoms with van der Waals surface area (Å²) in [5.74, 6) is 1.21. The second-order valence-corrected chi connectivity index (χ2v) is 4.80. The van der Waals surface area contributed by atoms with E-state index < -0.39 is 0 Å². The van der Waals surface area contributed by atoms with Gasteiger partial charge >= 0.3 is 0 Å². The van der Waals surface area contributed by atoms with Gasteiger partial charge in [0.2, 0.25) is 0 Å². The lowest BCUT2D eigenvalue weighted by molar-refractivity contribution is 0.333. The number of fused-ring (bicyclic) bond motifs is 1. The molecule has 62 valence electrons. The Morgan fingerprint density at radius 1 is 1.36 bits per heavy atom. The van der Waals surface area contributed by atoms with Crippen molar-refractivity contribution in [2.75, 3.05) is 6.54 Å². The molecular weight excluding hydrogens is 134 g/mol. The third kappa shape index (κ3) is 1.01. The van der Waals surface area contributed by atoms with E-state index in [1.165, 1.54) is 31.7 Å². The lowest BCUT2D eigenvalue weighted by Crippen LogP contribution is -2.42. The maximum absolute atomic E-state index is 3.47. The molecule has 0 aromatic carbocycles. The largest absolute Gasteiger partial charge is 0.314 e. The molecular formula is C10H17N. The van der Waals surface area contributed by atoms with Crippen molar-refractivity contribution >= 4 is 0 Å². The van der Waals surface area contributed by atoms with Crippen LogP contribution in [0.15, 0.2) is 0 Å². The van der Waals surface area contributed by atoms with Crippen molar-refractivity contribution in [3.8, 4) is 0 Å². The minimum atomic E-state index is 0.905. The standard InChI is InChI=1S/C10H17N/c1(2-9-3-5-11-9)4-10-6-8(10)7-10/h8-9,11H,1-7H2. The van der Waals surface area contributed by atoms with Gasteiger partial charge in [-0.2, -0.15) is 0 Å². The third-order valence-corrected chi connectivity index (χ3v) is 4.00. The molecule has 1 N–H and O–H groups in total. The summed E-state index contributed by atoms with van der Waals surface area (Å²) in [6.45, 7) is 1.28. The SMILES string of the molecule is C(CC1CCN1)CC12CC1C2. The van der Waals surface area contributed by atoms with E-state index in [4.69, 9.17) is 0 Å². The van der Waals surface area contributed by atoms with Crippen molar-refractivity contribution in [1.29, 1.82) is 0 Å². The van der Waals surface area contributed by atoms with E-state index in [-0.39, 0.29) is 0 Å². The van der Waals surface area contributed by atoms with E-state index in [1.807, 2.05) is 0 Å². The summed E-state index contributed by atoms with van der Waals surface area (Å²) in [6.07, 6.45) is 9.12. The maximum Gasteiger partial charge on any atom is 0.00791 e. The van der Waals surface area contributed by atoms with E-state index >= 15 is 0 Å². The Balaban J connectivity index is 1.34. The Morgan fingerprint density at radius 2 is 2.09 bits per heavy atom. The van der Waals surface area contributed by atoms with Gasteiger partial charge in [0.25, 0.3) is 0 Å². The zero-order valence-electron chi connectivity index (χ0n) is 7.10. The summed E-state index contributed by atoms with van der Waals surface area (Å²) < 4.78 is 0. The Kier molecular flexibility index (Phi) is 1.18. The van der Waals surface area contributed by atoms with Crippen LogP contribution in [0.4, 0.5) is 0 Å². The van der Waals surface area contributed by atoms with Crippen molar-refractivity contribution in [2.45, 2.75) is 44.6 Å². The van der Waals surface area contributed by atoms with Crippen LogP contribution in [0.1, 0.15) is 38.5 Å². The second kappa shape index (κ2) is 2.01. The molecule has 0 radical (unpaired) electrons. The normalized spacial score (nSPS) is 51.3. The molecule has 3 rings (SSSR count). The van der Waals surface area contributed by atoms with Gasteiger partial charge in [0.05, 0.1) is 0 Å². The van der Waals surface area contributed by atoms with E-state index in [1.54, 1.807) is 19.3 Å². The maximum atomic E-state index is 3.47. The van der Waals surface area contributed by atoms with Crippen molar-refractivity contribution < 1.29 is 0 Å². The van der Waals surface area contributed by atoms with Gasteiger partial charge in [-0.25, -0.2) is 0 Å². The minimum Gasteiger partial charge on any atom is -0.314 e. The molecule has 3 aliphatic rings. The average molecular weight is 151 g/mol. The Morgan fingerprint density at radius 3 is 2.55 bits per heavy atom. The fourth-order valence-electron chi connectivity index (χ4n) is 2.51. The van der Waals surface area contributed by atoms with Crippen molar-refractivity contribution in [3.63, 3.8) is 0 Å². The molecule has 0 aromatic heterocycles. The van der Waals surface area contributed by atoms with Gasteiger partial charge in [-0.05, 0) is 50.0 Å². The molecule has 0 bridgehead atoms. The average Bonchev–Trinajstić information content (AvgIpc) is 2.61. The predicted molar refractivity (Wildman–Crippen MR) is 45.4 cm³/mol. The summed E-state index contributed by atoms with van der Waals surface area (Å²) in [5.41, 5.74) is 0.948. The van der Waals surface area contributed by atoms with Crippen LogP contribution in [0.3, 0.4) is 0 Å². The van der Waals surface area contributed by atoms with Crippen LogP contribution in [0, 0.1) is 11.3 Å². The minimum absolute atomic E-state index is 0.905. The smallest absolute Gasteiger partial charge is 0.00791 e. The van der Waals surface area contributed by atoms with Gasteiger partial charge in [0, 0.05) is 6.04 Å².